The van der Waals surface area contributed by atoms with Crippen molar-refractivity contribution in [3.05, 3.63) is 107 Å². The number of aliphatic hydroxyl groups is 1. The van der Waals surface area contributed by atoms with E-state index in [0.29, 0.717) is 11.7 Å². The maximum atomic E-state index is 12.8. The van der Waals surface area contributed by atoms with Crippen molar-refractivity contribution in [2.24, 2.45) is 0 Å². The lowest BCUT2D eigenvalue weighted by molar-refractivity contribution is -0.172. The molecule has 3 aromatic rings. The van der Waals surface area contributed by atoms with Crippen molar-refractivity contribution >= 4 is 17.8 Å². The quantitative estimate of drug-likeness (QED) is 0.126. The number of ether oxygens (including phenoxy) is 1. The molecule has 41 heavy (non-hydrogen) atoms. The van der Waals surface area contributed by atoms with E-state index in [1.54, 1.807) is 12.1 Å². The summed E-state index contributed by atoms with van der Waals surface area (Å²) in [5.41, 5.74) is 2.12. The van der Waals surface area contributed by atoms with Crippen molar-refractivity contribution in [1.82, 2.24) is 5.06 Å². The summed E-state index contributed by atoms with van der Waals surface area (Å²) in [6.45, 7) is 0.826. The molecule has 0 saturated carbocycles. The van der Waals surface area contributed by atoms with E-state index < -0.39 is 23.4 Å². The van der Waals surface area contributed by atoms with Gasteiger partial charge in [-0.25, -0.2) is 4.79 Å². The van der Waals surface area contributed by atoms with Gasteiger partial charge in [0, 0.05) is 26.1 Å². The molecule has 2 amide bonds. The molecule has 1 N–H and O–H groups in total. The number of nitrogens with zero attached hydrogens (tertiary/aromatic N) is 1. The second-order valence-electron chi connectivity index (χ2n) is 10.4. The van der Waals surface area contributed by atoms with Crippen LogP contribution in [0.4, 0.5) is 0 Å². The Morgan fingerprint density at radius 2 is 1.12 bits per heavy atom. The fraction of sp³-hybridized carbons (Fsp3) is 0.382. The number of hydrogen-bond donors (Lipinski definition) is 1. The van der Waals surface area contributed by atoms with Crippen LogP contribution in [0.25, 0.3) is 0 Å². The summed E-state index contributed by atoms with van der Waals surface area (Å²) >= 11 is 0. The summed E-state index contributed by atoms with van der Waals surface area (Å²) in [6, 6.07) is 27.1. The lowest BCUT2D eigenvalue weighted by atomic mass is 9.79. The van der Waals surface area contributed by atoms with Gasteiger partial charge in [0.1, 0.15) is 5.60 Å². The minimum Gasteiger partial charge on any atom is -0.396 e. The first-order chi connectivity index (χ1) is 20.1. The van der Waals surface area contributed by atoms with Gasteiger partial charge in [-0.3, -0.25) is 9.59 Å². The predicted molar refractivity (Wildman–Crippen MR) is 156 cm³/mol. The number of hydrogen-bond acceptors (Lipinski definition) is 6. The Bertz CT molecular complexity index is 1200. The SMILES string of the molecule is O=C(ON1C(=O)CCC1=O)c1ccc(C(OCCCCCCCCCCO)(c2ccccc2)c2ccccc2)cc1. The number of hydroxylamine groups is 2. The lowest BCUT2D eigenvalue weighted by Gasteiger charge is -2.36. The Kier molecular flexibility index (Phi) is 11.2. The van der Waals surface area contributed by atoms with Crippen LogP contribution in [0.5, 0.6) is 0 Å². The Hall–Kier alpha value is -3.81. The van der Waals surface area contributed by atoms with E-state index >= 15 is 0 Å². The second kappa shape index (κ2) is 15.3. The molecule has 0 radical (unpaired) electrons. The first kappa shape index (κ1) is 30.2. The highest BCUT2D eigenvalue weighted by molar-refractivity contribution is 6.02. The van der Waals surface area contributed by atoms with Gasteiger partial charge in [-0.2, -0.15) is 0 Å². The van der Waals surface area contributed by atoms with Crippen LogP contribution in [-0.2, 0) is 24.8 Å². The molecule has 3 aromatic carbocycles. The summed E-state index contributed by atoms with van der Waals surface area (Å²) in [6.07, 6.45) is 8.72. The molecule has 1 aliphatic rings. The van der Waals surface area contributed by atoms with E-state index in [4.69, 9.17) is 14.7 Å². The fourth-order valence-corrected chi connectivity index (χ4v) is 5.23. The molecule has 0 unspecified atom stereocenters. The van der Waals surface area contributed by atoms with Gasteiger partial charge in [-0.05, 0) is 41.7 Å². The Morgan fingerprint density at radius 1 is 0.659 bits per heavy atom. The number of carbonyl (C=O) groups is 3. The van der Waals surface area contributed by atoms with Gasteiger partial charge in [-0.1, -0.05) is 111 Å². The summed E-state index contributed by atoms with van der Waals surface area (Å²) in [4.78, 5) is 41.6. The monoisotopic (exact) mass is 557 g/mol. The van der Waals surface area contributed by atoms with Crippen LogP contribution in [0.3, 0.4) is 0 Å². The minimum absolute atomic E-state index is 0.0453. The Balaban J connectivity index is 1.53. The molecule has 216 valence electrons. The average Bonchev–Trinajstić information content (AvgIpc) is 3.33. The molecule has 1 saturated heterocycles. The molecule has 4 rings (SSSR count). The predicted octanol–water partition coefficient (Wildman–Crippen LogP) is 6.33. The van der Waals surface area contributed by atoms with Crippen LogP contribution in [0.2, 0.25) is 0 Å². The van der Waals surface area contributed by atoms with Gasteiger partial charge in [0.25, 0.3) is 11.8 Å². The zero-order valence-electron chi connectivity index (χ0n) is 23.5. The first-order valence-electron chi connectivity index (χ1n) is 14.6. The number of rotatable bonds is 16. The number of unbranched alkanes of at least 4 members (excludes halogenated alkanes) is 7. The normalized spacial score (nSPS) is 13.5. The maximum Gasteiger partial charge on any atom is 0.363 e. The van der Waals surface area contributed by atoms with E-state index in [0.717, 1.165) is 55.2 Å². The van der Waals surface area contributed by atoms with E-state index in [1.807, 2.05) is 72.8 Å². The fourth-order valence-electron chi connectivity index (χ4n) is 5.23. The molecule has 1 aliphatic heterocycles. The van der Waals surface area contributed by atoms with E-state index in [1.165, 1.54) is 12.8 Å². The highest BCUT2D eigenvalue weighted by Crippen LogP contribution is 2.41. The molecule has 1 heterocycles. The summed E-state index contributed by atoms with van der Waals surface area (Å²) in [5, 5.41) is 9.49. The topological polar surface area (TPSA) is 93.1 Å². The number of aliphatic hydroxyl groups excluding tert-OH is 1. The summed E-state index contributed by atoms with van der Waals surface area (Å²) in [7, 11) is 0. The van der Waals surface area contributed by atoms with Crippen molar-refractivity contribution in [2.75, 3.05) is 13.2 Å². The van der Waals surface area contributed by atoms with Crippen molar-refractivity contribution in [2.45, 2.75) is 69.8 Å². The Labute approximate surface area is 242 Å². The zero-order chi connectivity index (χ0) is 28.9. The molecule has 7 nitrogen and oxygen atoms in total. The van der Waals surface area contributed by atoms with Gasteiger partial charge in [0.05, 0.1) is 5.56 Å². The van der Waals surface area contributed by atoms with E-state index in [-0.39, 0.29) is 25.0 Å². The molecule has 1 fully saturated rings. The maximum absolute atomic E-state index is 12.8. The van der Waals surface area contributed by atoms with Crippen molar-refractivity contribution in [3.63, 3.8) is 0 Å². The van der Waals surface area contributed by atoms with Gasteiger partial charge < -0.3 is 14.7 Å². The van der Waals surface area contributed by atoms with Crippen LogP contribution in [0.1, 0.15) is 91.3 Å². The van der Waals surface area contributed by atoms with Crippen LogP contribution in [-0.4, -0.2) is 41.2 Å². The van der Waals surface area contributed by atoms with Crippen molar-refractivity contribution in [1.29, 1.82) is 0 Å². The van der Waals surface area contributed by atoms with Crippen molar-refractivity contribution in [3.8, 4) is 0 Å². The number of imide groups is 1. The molecule has 7 heteroatoms. The first-order valence-corrected chi connectivity index (χ1v) is 14.6. The molecule has 0 bridgehead atoms. The van der Waals surface area contributed by atoms with Crippen LogP contribution < -0.4 is 0 Å². The van der Waals surface area contributed by atoms with E-state index in [9.17, 15) is 14.4 Å². The second-order valence-corrected chi connectivity index (χ2v) is 10.4. The van der Waals surface area contributed by atoms with Gasteiger partial charge >= 0.3 is 5.97 Å². The zero-order valence-corrected chi connectivity index (χ0v) is 23.5. The standard InChI is InChI=1S/C34H39NO6/c36-25-13-5-3-1-2-4-6-14-26-40-34(28-15-9-7-10-16-28,29-17-11-8-12-18-29)30-21-19-27(20-22-30)33(39)41-35-31(37)23-24-32(35)38/h7-12,15-22,36H,1-6,13-14,23-26H2. The average molecular weight is 558 g/mol. The highest BCUT2D eigenvalue weighted by Gasteiger charge is 2.38. The number of carbonyl (C=O) groups excluding carboxylic acids is 3. The largest absolute Gasteiger partial charge is 0.396 e. The van der Waals surface area contributed by atoms with Crippen LogP contribution in [0.15, 0.2) is 84.9 Å². The molecule has 0 aromatic heterocycles. The summed E-state index contributed by atoms with van der Waals surface area (Å²) < 4.78 is 6.84. The third-order valence-electron chi connectivity index (χ3n) is 7.44. The summed E-state index contributed by atoms with van der Waals surface area (Å²) in [5.74, 6) is -1.79. The van der Waals surface area contributed by atoms with Gasteiger partial charge in [0.2, 0.25) is 0 Å². The van der Waals surface area contributed by atoms with Gasteiger partial charge in [-0.15, -0.1) is 5.06 Å². The van der Waals surface area contributed by atoms with Crippen LogP contribution >= 0.6 is 0 Å². The molecular weight excluding hydrogens is 518 g/mol. The Morgan fingerprint density at radius 3 is 1.63 bits per heavy atom. The number of benzene rings is 3. The molecule has 0 aliphatic carbocycles. The smallest absolute Gasteiger partial charge is 0.363 e. The highest BCUT2D eigenvalue weighted by atomic mass is 16.7. The number of amides is 2. The van der Waals surface area contributed by atoms with Gasteiger partial charge in [0.15, 0.2) is 0 Å². The molecular formula is C34H39NO6. The molecule has 0 atom stereocenters. The lowest BCUT2D eigenvalue weighted by Crippen LogP contribution is -2.34. The third kappa shape index (κ3) is 7.69. The third-order valence-corrected chi connectivity index (χ3v) is 7.44. The minimum atomic E-state index is -0.907. The van der Waals surface area contributed by atoms with Crippen molar-refractivity contribution < 1.29 is 29.1 Å². The molecule has 0 spiro atoms. The van der Waals surface area contributed by atoms with Crippen LogP contribution in [0, 0.1) is 0 Å². The van der Waals surface area contributed by atoms with E-state index in [2.05, 4.69) is 0 Å².